The van der Waals surface area contributed by atoms with Crippen LogP contribution in [0.4, 0.5) is 11.6 Å². The highest BCUT2D eigenvalue weighted by molar-refractivity contribution is 5.91. The molecule has 1 saturated heterocycles. The Kier molecular flexibility index (Phi) is 6.74. The lowest BCUT2D eigenvalue weighted by Crippen LogP contribution is -2.34. The first-order valence-electron chi connectivity index (χ1n) is 11.6. The number of carbonyl (C=O) groups is 1. The average Bonchev–Trinajstić information content (AvgIpc) is 3.27. The Morgan fingerprint density at radius 1 is 1.19 bits per heavy atom. The number of likely N-dealkylation sites (tertiary alicyclic amines) is 1. The summed E-state index contributed by atoms with van der Waals surface area (Å²) < 4.78 is 0. The first kappa shape index (κ1) is 22.3. The lowest BCUT2D eigenvalue weighted by atomic mass is 10.0. The van der Waals surface area contributed by atoms with Crippen molar-refractivity contribution in [2.24, 2.45) is 0 Å². The second kappa shape index (κ2) is 9.69. The number of anilines is 2. The summed E-state index contributed by atoms with van der Waals surface area (Å²) in [7, 11) is 1.77. The van der Waals surface area contributed by atoms with Crippen molar-refractivity contribution in [1.29, 1.82) is 0 Å². The van der Waals surface area contributed by atoms with E-state index in [1.54, 1.807) is 11.9 Å². The molecule has 170 valence electrons. The van der Waals surface area contributed by atoms with Crippen molar-refractivity contribution in [2.45, 2.75) is 45.7 Å². The van der Waals surface area contributed by atoms with Crippen LogP contribution in [0.15, 0.2) is 36.4 Å². The van der Waals surface area contributed by atoms with E-state index in [0.29, 0.717) is 31.9 Å². The number of hydrogen-bond acceptors (Lipinski definition) is 6. The van der Waals surface area contributed by atoms with Crippen LogP contribution in [-0.2, 0) is 19.5 Å². The molecule has 0 saturated carbocycles. The van der Waals surface area contributed by atoms with Gasteiger partial charge in [0.1, 0.15) is 11.6 Å². The summed E-state index contributed by atoms with van der Waals surface area (Å²) in [6.45, 7) is 11.6. The van der Waals surface area contributed by atoms with E-state index in [4.69, 9.17) is 5.73 Å². The highest BCUT2D eigenvalue weighted by Crippen LogP contribution is 2.32. The summed E-state index contributed by atoms with van der Waals surface area (Å²) in [6.07, 6.45) is 4.11. The van der Waals surface area contributed by atoms with Crippen molar-refractivity contribution >= 4 is 17.5 Å². The summed E-state index contributed by atoms with van der Waals surface area (Å²) in [5.41, 5.74) is 10.8. The van der Waals surface area contributed by atoms with Gasteiger partial charge < -0.3 is 15.5 Å². The number of rotatable bonds is 7. The van der Waals surface area contributed by atoms with Gasteiger partial charge in [0, 0.05) is 45.2 Å². The third-order valence-corrected chi connectivity index (χ3v) is 6.22. The van der Waals surface area contributed by atoms with Crippen LogP contribution in [0.25, 0.3) is 0 Å². The predicted octanol–water partition coefficient (Wildman–Crippen LogP) is 3.26. The first-order valence-corrected chi connectivity index (χ1v) is 11.6. The number of hydrogen-bond donors (Lipinski definition) is 1. The van der Waals surface area contributed by atoms with E-state index in [-0.39, 0.29) is 11.7 Å². The first-order chi connectivity index (χ1) is 15.4. The molecular formula is C25H34N6O. The van der Waals surface area contributed by atoms with Crippen LogP contribution in [0.2, 0.25) is 0 Å². The summed E-state index contributed by atoms with van der Waals surface area (Å²) in [6, 6.07) is 8.76. The fraction of sp³-hybridized carbons (Fsp3) is 0.480. The monoisotopic (exact) mass is 434 g/mol. The van der Waals surface area contributed by atoms with E-state index in [0.717, 1.165) is 29.9 Å². The van der Waals surface area contributed by atoms with Gasteiger partial charge in [-0.25, -0.2) is 9.97 Å². The van der Waals surface area contributed by atoms with E-state index in [9.17, 15) is 4.79 Å². The number of nitrogens with two attached hydrogens (primary N) is 1. The van der Waals surface area contributed by atoms with Gasteiger partial charge in [-0.3, -0.25) is 9.69 Å². The second-order valence-electron chi connectivity index (χ2n) is 9.05. The summed E-state index contributed by atoms with van der Waals surface area (Å²) in [4.78, 5) is 28.2. The van der Waals surface area contributed by atoms with Gasteiger partial charge in [0.15, 0.2) is 0 Å². The molecule has 2 N–H and O–H groups in total. The quantitative estimate of drug-likeness (QED) is 0.674. The Balaban J connectivity index is 1.59. The highest BCUT2D eigenvalue weighted by Gasteiger charge is 2.27. The SMILES string of the molecule is C=C1Cc2c(N)nc(C(=O)N(C)CCC)nc2N(Cc2cccc(CN3CCCC3)c2)C1. The largest absolute Gasteiger partial charge is 0.383 e. The van der Waals surface area contributed by atoms with E-state index in [1.807, 2.05) is 6.92 Å². The molecule has 1 fully saturated rings. The van der Waals surface area contributed by atoms with Crippen molar-refractivity contribution in [1.82, 2.24) is 19.8 Å². The number of carbonyl (C=O) groups excluding carboxylic acids is 1. The van der Waals surface area contributed by atoms with Crippen molar-refractivity contribution < 1.29 is 4.79 Å². The highest BCUT2D eigenvalue weighted by atomic mass is 16.2. The standard InChI is InChI=1S/C25H34N6O/c1-4-10-29(3)25(32)23-27-22(26)21-13-18(2)15-31(24(21)28-23)17-20-9-7-8-19(14-20)16-30-11-5-6-12-30/h7-9,14H,2,4-6,10-13,15-17H2,1,3H3,(H2,26,27,28). The zero-order valence-electron chi connectivity index (χ0n) is 19.3. The van der Waals surface area contributed by atoms with Crippen molar-refractivity contribution in [2.75, 3.05) is 43.9 Å². The zero-order valence-corrected chi connectivity index (χ0v) is 19.3. The lowest BCUT2D eigenvalue weighted by molar-refractivity contribution is 0.0783. The van der Waals surface area contributed by atoms with Gasteiger partial charge >= 0.3 is 0 Å². The number of nitrogen functional groups attached to an aromatic ring is 1. The molecule has 0 unspecified atom stereocenters. The van der Waals surface area contributed by atoms with E-state index in [1.165, 1.54) is 37.1 Å². The van der Waals surface area contributed by atoms with Crippen molar-refractivity contribution in [3.63, 3.8) is 0 Å². The smallest absolute Gasteiger partial charge is 0.291 e. The molecule has 2 aliphatic heterocycles. The molecule has 1 aromatic heterocycles. The molecule has 4 rings (SSSR count). The molecular weight excluding hydrogens is 400 g/mol. The Morgan fingerprint density at radius 2 is 1.91 bits per heavy atom. The number of amides is 1. The Bertz CT molecular complexity index is 998. The molecule has 0 radical (unpaired) electrons. The topological polar surface area (TPSA) is 78.6 Å². The Hall–Kier alpha value is -2.93. The minimum atomic E-state index is -0.196. The van der Waals surface area contributed by atoms with E-state index in [2.05, 4.69) is 50.6 Å². The molecule has 0 aliphatic carbocycles. The molecule has 0 bridgehead atoms. The number of fused-ring (bicyclic) bond motifs is 1. The van der Waals surface area contributed by atoms with E-state index >= 15 is 0 Å². The number of aromatic nitrogens is 2. The van der Waals surface area contributed by atoms with Gasteiger partial charge in [0.25, 0.3) is 5.91 Å². The van der Waals surface area contributed by atoms with Crippen LogP contribution in [0.3, 0.4) is 0 Å². The third kappa shape index (κ3) is 4.93. The summed E-state index contributed by atoms with van der Waals surface area (Å²) in [5.74, 6) is 1.09. The number of nitrogens with zero attached hydrogens (tertiary/aromatic N) is 5. The molecule has 32 heavy (non-hydrogen) atoms. The fourth-order valence-corrected chi connectivity index (χ4v) is 4.65. The molecule has 3 heterocycles. The summed E-state index contributed by atoms with van der Waals surface area (Å²) >= 11 is 0. The minimum absolute atomic E-state index is 0.164. The summed E-state index contributed by atoms with van der Waals surface area (Å²) in [5, 5.41) is 0. The van der Waals surface area contributed by atoms with Crippen LogP contribution in [0, 0.1) is 0 Å². The van der Waals surface area contributed by atoms with Gasteiger partial charge in [-0.2, -0.15) is 0 Å². The molecule has 1 aromatic carbocycles. The molecule has 7 nitrogen and oxygen atoms in total. The average molecular weight is 435 g/mol. The molecule has 2 aliphatic rings. The zero-order chi connectivity index (χ0) is 22.7. The second-order valence-corrected chi connectivity index (χ2v) is 9.05. The molecule has 7 heteroatoms. The molecule has 0 spiro atoms. The van der Waals surface area contributed by atoms with E-state index < -0.39 is 0 Å². The normalized spacial score (nSPS) is 16.3. The van der Waals surface area contributed by atoms with Crippen LogP contribution in [0.5, 0.6) is 0 Å². The van der Waals surface area contributed by atoms with Gasteiger partial charge in [-0.15, -0.1) is 0 Å². The lowest BCUT2D eigenvalue weighted by Gasteiger charge is -2.32. The van der Waals surface area contributed by atoms with Gasteiger partial charge in [-0.1, -0.05) is 43.3 Å². The maximum atomic E-state index is 12.8. The maximum Gasteiger partial charge on any atom is 0.291 e. The van der Waals surface area contributed by atoms with Gasteiger partial charge in [-0.05, 0) is 43.5 Å². The number of benzene rings is 1. The van der Waals surface area contributed by atoms with Crippen LogP contribution in [0.1, 0.15) is 53.5 Å². The van der Waals surface area contributed by atoms with Crippen molar-refractivity contribution in [3.05, 3.63) is 58.9 Å². The Labute approximate surface area is 190 Å². The van der Waals surface area contributed by atoms with Gasteiger partial charge in [0.05, 0.1) is 0 Å². The molecule has 1 amide bonds. The maximum absolute atomic E-state index is 12.8. The van der Waals surface area contributed by atoms with Crippen LogP contribution < -0.4 is 10.6 Å². The third-order valence-electron chi connectivity index (χ3n) is 6.22. The predicted molar refractivity (Wildman–Crippen MR) is 129 cm³/mol. The molecule has 2 aromatic rings. The Morgan fingerprint density at radius 3 is 2.62 bits per heavy atom. The van der Waals surface area contributed by atoms with Gasteiger partial charge in [0.2, 0.25) is 5.82 Å². The fourth-order valence-electron chi connectivity index (χ4n) is 4.65. The molecule has 0 atom stereocenters. The van der Waals surface area contributed by atoms with Crippen molar-refractivity contribution in [3.8, 4) is 0 Å². The van der Waals surface area contributed by atoms with Crippen LogP contribution in [-0.4, -0.2) is 58.9 Å². The minimum Gasteiger partial charge on any atom is -0.383 e. The van der Waals surface area contributed by atoms with Crippen LogP contribution >= 0.6 is 0 Å².